The van der Waals surface area contributed by atoms with Crippen LogP contribution in [-0.4, -0.2) is 28.5 Å². The van der Waals surface area contributed by atoms with Crippen LogP contribution in [0.15, 0.2) is 36.4 Å². The van der Waals surface area contributed by atoms with Gasteiger partial charge in [-0.25, -0.2) is 4.79 Å². The van der Waals surface area contributed by atoms with E-state index in [2.05, 4.69) is 15.4 Å². The molecule has 0 spiro atoms. The molecule has 1 aromatic carbocycles. The van der Waals surface area contributed by atoms with Crippen molar-refractivity contribution in [1.29, 1.82) is 0 Å². The molecule has 0 unspecified atom stereocenters. The van der Waals surface area contributed by atoms with Crippen LogP contribution < -0.4 is 10.9 Å². The largest absolute Gasteiger partial charge is 0.449 e. The number of hydrogen-bond donors (Lipinski definition) is 2. The molecule has 7 nitrogen and oxygen atoms in total. The van der Waals surface area contributed by atoms with Crippen LogP contribution in [0.5, 0.6) is 0 Å². The smallest absolute Gasteiger partial charge is 0.340 e. The fraction of sp³-hybridized carbons (Fsp3) is 0.350. The highest BCUT2D eigenvalue weighted by Gasteiger charge is 2.29. The molecule has 0 radical (unpaired) electrons. The van der Waals surface area contributed by atoms with Crippen molar-refractivity contribution in [3.8, 4) is 0 Å². The summed E-state index contributed by atoms with van der Waals surface area (Å²) < 4.78 is 7.41. The summed E-state index contributed by atoms with van der Waals surface area (Å²) in [6.07, 6.45) is 1.19. The fourth-order valence-corrected chi connectivity index (χ4v) is 3.04. The minimum absolute atomic E-state index is 0.412. The van der Waals surface area contributed by atoms with E-state index in [1.54, 1.807) is 36.4 Å². The number of benzene rings is 1. The first-order valence-electron chi connectivity index (χ1n) is 8.93. The molecule has 1 atom stereocenters. The van der Waals surface area contributed by atoms with Crippen molar-refractivity contribution in [2.45, 2.75) is 45.8 Å². The van der Waals surface area contributed by atoms with Gasteiger partial charge in [-0.05, 0) is 51.8 Å². The third-order valence-electron chi connectivity index (χ3n) is 4.60. The van der Waals surface area contributed by atoms with E-state index in [0.717, 1.165) is 24.2 Å². The average Bonchev–Trinajstić information content (AvgIpc) is 3.44. The van der Waals surface area contributed by atoms with E-state index in [-0.39, 0.29) is 0 Å². The fourth-order valence-electron chi connectivity index (χ4n) is 3.04. The lowest BCUT2D eigenvalue weighted by molar-refractivity contribution is -0.129. The van der Waals surface area contributed by atoms with Crippen LogP contribution >= 0.6 is 0 Å². The third-order valence-corrected chi connectivity index (χ3v) is 4.60. The first kappa shape index (κ1) is 18.7. The molecule has 27 heavy (non-hydrogen) atoms. The Hall–Kier alpha value is -3.09. The molecular formula is C20H23N3O4. The summed E-state index contributed by atoms with van der Waals surface area (Å²) in [5.74, 6) is -1.61. The molecule has 2 N–H and O–H groups in total. The van der Waals surface area contributed by atoms with E-state index in [1.165, 1.54) is 6.92 Å². The van der Waals surface area contributed by atoms with Crippen LogP contribution in [0.2, 0.25) is 0 Å². The number of carbonyl (C=O) groups is 3. The molecule has 142 valence electrons. The van der Waals surface area contributed by atoms with Gasteiger partial charge in [-0.15, -0.1) is 0 Å². The number of carbonyl (C=O) groups excluding carboxylic acids is 3. The molecular weight excluding hydrogens is 346 g/mol. The van der Waals surface area contributed by atoms with Crippen LogP contribution in [-0.2, 0) is 9.53 Å². The number of hydrogen-bond acceptors (Lipinski definition) is 4. The monoisotopic (exact) mass is 369 g/mol. The Morgan fingerprint density at radius 3 is 2.41 bits per heavy atom. The highest BCUT2D eigenvalue weighted by atomic mass is 16.5. The number of esters is 1. The van der Waals surface area contributed by atoms with Crippen LogP contribution in [0.1, 0.15) is 57.9 Å². The Balaban J connectivity index is 1.56. The minimum atomic E-state index is -1.04. The summed E-state index contributed by atoms with van der Waals surface area (Å²) in [5.41, 5.74) is 7.32. The second kappa shape index (κ2) is 7.65. The zero-order valence-corrected chi connectivity index (χ0v) is 15.6. The van der Waals surface area contributed by atoms with Gasteiger partial charge in [0.1, 0.15) is 0 Å². The van der Waals surface area contributed by atoms with E-state index in [9.17, 15) is 14.4 Å². The van der Waals surface area contributed by atoms with Crippen molar-refractivity contribution in [3.05, 3.63) is 58.9 Å². The van der Waals surface area contributed by atoms with E-state index in [1.807, 2.05) is 13.8 Å². The molecule has 1 aliphatic rings. The molecule has 1 fully saturated rings. The SMILES string of the molecule is Cc1cc(C(=O)O[C@H](C)C(=O)NNC(=O)c2ccccc2)c(C)n1C1CC1. The second-order valence-electron chi connectivity index (χ2n) is 6.74. The Labute approximate surface area is 157 Å². The van der Waals surface area contributed by atoms with Crippen molar-refractivity contribution < 1.29 is 19.1 Å². The number of aromatic nitrogens is 1. The Morgan fingerprint density at radius 2 is 1.78 bits per heavy atom. The van der Waals surface area contributed by atoms with E-state index in [4.69, 9.17) is 4.74 Å². The Bertz CT molecular complexity index is 869. The zero-order chi connectivity index (χ0) is 19.6. The van der Waals surface area contributed by atoms with Crippen molar-refractivity contribution in [1.82, 2.24) is 15.4 Å². The molecule has 1 heterocycles. The van der Waals surface area contributed by atoms with Gasteiger partial charge in [-0.2, -0.15) is 0 Å². The summed E-state index contributed by atoms with van der Waals surface area (Å²) in [7, 11) is 0. The Kier molecular flexibility index (Phi) is 5.30. The van der Waals surface area contributed by atoms with E-state index >= 15 is 0 Å². The van der Waals surface area contributed by atoms with Gasteiger partial charge in [0.05, 0.1) is 5.56 Å². The number of nitrogens with zero attached hydrogens (tertiary/aromatic N) is 1. The lowest BCUT2D eigenvalue weighted by atomic mass is 10.2. The molecule has 2 aromatic rings. The van der Waals surface area contributed by atoms with Gasteiger partial charge in [-0.3, -0.25) is 20.4 Å². The summed E-state index contributed by atoms with van der Waals surface area (Å²) in [6.45, 7) is 5.30. The normalized spacial score (nSPS) is 14.3. The molecule has 1 saturated carbocycles. The first-order chi connectivity index (χ1) is 12.9. The predicted octanol–water partition coefficient (Wildman–Crippen LogP) is 2.45. The quantitative estimate of drug-likeness (QED) is 0.626. The van der Waals surface area contributed by atoms with Crippen LogP contribution in [0.25, 0.3) is 0 Å². The second-order valence-corrected chi connectivity index (χ2v) is 6.74. The van der Waals surface area contributed by atoms with Gasteiger partial charge in [0.15, 0.2) is 6.10 Å². The van der Waals surface area contributed by atoms with Crippen molar-refractivity contribution >= 4 is 17.8 Å². The number of nitrogens with one attached hydrogen (secondary N) is 2. The topological polar surface area (TPSA) is 89.4 Å². The standard InChI is InChI=1S/C20H23N3O4/c1-12-11-17(13(2)23(12)16-9-10-16)20(26)27-14(3)18(24)21-22-19(25)15-7-5-4-6-8-15/h4-8,11,14,16H,9-10H2,1-3H3,(H,21,24)(H,22,25)/t14-/m1/s1. The number of rotatable bonds is 5. The van der Waals surface area contributed by atoms with Gasteiger partial charge in [0.25, 0.3) is 11.8 Å². The maximum Gasteiger partial charge on any atom is 0.340 e. The minimum Gasteiger partial charge on any atom is -0.449 e. The highest BCUT2D eigenvalue weighted by Crippen LogP contribution is 2.38. The molecule has 0 bridgehead atoms. The predicted molar refractivity (Wildman–Crippen MR) is 99.1 cm³/mol. The highest BCUT2D eigenvalue weighted by molar-refractivity contribution is 5.96. The van der Waals surface area contributed by atoms with Crippen molar-refractivity contribution in [2.75, 3.05) is 0 Å². The molecule has 2 amide bonds. The zero-order valence-electron chi connectivity index (χ0n) is 15.6. The van der Waals surface area contributed by atoms with Gasteiger partial charge in [-0.1, -0.05) is 18.2 Å². The number of amides is 2. The molecule has 7 heteroatoms. The summed E-state index contributed by atoms with van der Waals surface area (Å²) in [6, 6.07) is 10.7. The van der Waals surface area contributed by atoms with Crippen LogP contribution in [0.4, 0.5) is 0 Å². The van der Waals surface area contributed by atoms with Crippen LogP contribution in [0.3, 0.4) is 0 Å². The molecule has 1 aromatic heterocycles. The molecule has 0 aliphatic heterocycles. The summed E-state index contributed by atoms with van der Waals surface area (Å²) >= 11 is 0. The number of hydrazine groups is 1. The third kappa shape index (κ3) is 4.19. The summed E-state index contributed by atoms with van der Waals surface area (Å²) in [4.78, 5) is 36.5. The molecule has 1 aliphatic carbocycles. The first-order valence-corrected chi connectivity index (χ1v) is 8.93. The van der Waals surface area contributed by atoms with E-state index in [0.29, 0.717) is 17.2 Å². The molecule has 0 saturated heterocycles. The lowest BCUT2D eigenvalue weighted by Gasteiger charge is -2.14. The number of ether oxygens (including phenoxy) is 1. The van der Waals surface area contributed by atoms with Gasteiger partial charge in [0.2, 0.25) is 0 Å². The Morgan fingerprint density at radius 1 is 1.11 bits per heavy atom. The van der Waals surface area contributed by atoms with Crippen molar-refractivity contribution in [3.63, 3.8) is 0 Å². The summed E-state index contributed by atoms with van der Waals surface area (Å²) in [5, 5.41) is 0. The van der Waals surface area contributed by atoms with Gasteiger partial charge in [0, 0.05) is 23.0 Å². The van der Waals surface area contributed by atoms with Crippen molar-refractivity contribution in [2.24, 2.45) is 0 Å². The molecule has 3 rings (SSSR count). The number of aryl methyl sites for hydroxylation is 1. The maximum absolute atomic E-state index is 12.4. The maximum atomic E-state index is 12.4. The van der Waals surface area contributed by atoms with Gasteiger partial charge >= 0.3 is 5.97 Å². The van der Waals surface area contributed by atoms with Gasteiger partial charge < -0.3 is 9.30 Å². The lowest BCUT2D eigenvalue weighted by Crippen LogP contribution is -2.46. The van der Waals surface area contributed by atoms with Crippen LogP contribution in [0, 0.1) is 13.8 Å². The van der Waals surface area contributed by atoms with E-state index < -0.39 is 23.9 Å². The average molecular weight is 369 g/mol.